The van der Waals surface area contributed by atoms with E-state index >= 15 is 0 Å². The lowest BCUT2D eigenvalue weighted by Gasteiger charge is -2.03. The second-order valence-corrected chi connectivity index (χ2v) is 2.59. The molecule has 1 aromatic carbocycles. The Morgan fingerprint density at radius 2 is 2.23 bits per heavy atom. The Morgan fingerprint density at radius 3 is 2.77 bits per heavy atom. The molecule has 0 aromatic heterocycles. The fraction of sp³-hybridized carbons (Fsp3) is 0.100. The molecular formula is C10H10FNO. The van der Waals surface area contributed by atoms with Gasteiger partial charge in [-0.05, 0) is 25.1 Å². The average molecular weight is 179 g/mol. The van der Waals surface area contributed by atoms with E-state index in [9.17, 15) is 9.18 Å². The van der Waals surface area contributed by atoms with Gasteiger partial charge >= 0.3 is 0 Å². The molecule has 0 saturated carbocycles. The number of aldehydes is 1. The topological polar surface area (TPSA) is 43.1 Å². The quantitative estimate of drug-likeness (QED) is 0.428. The number of carbonyl (C=O) groups is 1. The average Bonchev–Trinajstić information content (AvgIpc) is 2.13. The van der Waals surface area contributed by atoms with Crippen LogP contribution in [0, 0.1) is 5.82 Å². The highest BCUT2D eigenvalue weighted by Crippen LogP contribution is 2.20. The smallest absolute Gasteiger partial charge is 0.150 e. The van der Waals surface area contributed by atoms with Crippen LogP contribution in [0.4, 0.5) is 10.1 Å². The third-order valence-corrected chi connectivity index (χ3v) is 1.76. The van der Waals surface area contributed by atoms with E-state index in [1.807, 2.05) is 0 Å². The number of allylic oxidation sites excluding steroid dienone is 2. The summed E-state index contributed by atoms with van der Waals surface area (Å²) in [4.78, 5) is 10.6. The zero-order valence-electron chi connectivity index (χ0n) is 7.25. The lowest BCUT2D eigenvalue weighted by Crippen LogP contribution is -1.95. The second-order valence-electron chi connectivity index (χ2n) is 2.59. The number of nitrogen functional groups attached to an aromatic ring is 1. The van der Waals surface area contributed by atoms with Gasteiger partial charge in [-0.2, -0.15) is 0 Å². The fourth-order valence-electron chi connectivity index (χ4n) is 1.07. The first-order valence-electron chi connectivity index (χ1n) is 3.86. The number of halogens is 1. The molecule has 0 radical (unpaired) electrons. The van der Waals surface area contributed by atoms with Crippen molar-refractivity contribution < 1.29 is 9.18 Å². The summed E-state index contributed by atoms with van der Waals surface area (Å²) < 4.78 is 12.8. The van der Waals surface area contributed by atoms with Crippen LogP contribution in [0.5, 0.6) is 0 Å². The first kappa shape index (κ1) is 9.45. The molecule has 0 bridgehead atoms. The third kappa shape index (κ3) is 1.93. The van der Waals surface area contributed by atoms with Crippen molar-refractivity contribution >= 4 is 17.5 Å². The van der Waals surface area contributed by atoms with Crippen molar-refractivity contribution in [1.82, 2.24) is 0 Å². The van der Waals surface area contributed by atoms with Gasteiger partial charge in [-0.25, -0.2) is 4.39 Å². The number of nitrogens with two attached hydrogens (primary N) is 1. The van der Waals surface area contributed by atoms with Gasteiger partial charge in [0.15, 0.2) is 0 Å². The number of anilines is 1. The summed E-state index contributed by atoms with van der Waals surface area (Å²) in [6.07, 6.45) is 2.25. The van der Waals surface area contributed by atoms with Crippen LogP contribution in [0.1, 0.15) is 12.5 Å². The van der Waals surface area contributed by atoms with E-state index in [2.05, 4.69) is 0 Å². The highest BCUT2D eigenvalue weighted by molar-refractivity contribution is 6.08. The first-order valence-corrected chi connectivity index (χ1v) is 3.86. The molecule has 3 heteroatoms. The monoisotopic (exact) mass is 179 g/mol. The highest BCUT2D eigenvalue weighted by atomic mass is 19.1. The zero-order valence-corrected chi connectivity index (χ0v) is 7.25. The maximum Gasteiger partial charge on any atom is 0.150 e. The maximum absolute atomic E-state index is 12.8. The van der Waals surface area contributed by atoms with E-state index in [-0.39, 0.29) is 0 Å². The van der Waals surface area contributed by atoms with Crippen LogP contribution in [0.25, 0.3) is 5.57 Å². The predicted molar refractivity (Wildman–Crippen MR) is 50.5 cm³/mol. The Kier molecular flexibility index (Phi) is 2.80. The highest BCUT2D eigenvalue weighted by Gasteiger charge is 2.04. The van der Waals surface area contributed by atoms with Crippen LogP contribution >= 0.6 is 0 Å². The standard InChI is InChI=1S/C10H10FNO/c1-2-7(6-13)9-5-8(11)3-4-10(9)12/h2-6H,12H2,1H3/b7-2+. The van der Waals surface area contributed by atoms with Crippen LogP contribution in [-0.4, -0.2) is 6.29 Å². The molecule has 0 amide bonds. The van der Waals surface area contributed by atoms with Crippen LogP contribution in [0.15, 0.2) is 24.3 Å². The Morgan fingerprint density at radius 1 is 1.54 bits per heavy atom. The number of benzene rings is 1. The maximum atomic E-state index is 12.8. The molecule has 0 saturated heterocycles. The molecule has 0 aliphatic carbocycles. The molecule has 0 heterocycles. The van der Waals surface area contributed by atoms with Gasteiger partial charge in [0.1, 0.15) is 12.1 Å². The normalized spacial score (nSPS) is 11.4. The SMILES string of the molecule is C/C=C(\C=O)c1cc(F)ccc1N. The predicted octanol–water partition coefficient (Wildman–Crippen LogP) is 2.01. The Hall–Kier alpha value is -1.64. The number of rotatable bonds is 2. The summed E-state index contributed by atoms with van der Waals surface area (Å²) in [6.45, 7) is 1.70. The van der Waals surface area contributed by atoms with Crippen LogP contribution in [0.2, 0.25) is 0 Å². The molecular weight excluding hydrogens is 169 g/mol. The van der Waals surface area contributed by atoms with Gasteiger partial charge < -0.3 is 5.73 Å². The van der Waals surface area contributed by atoms with Gasteiger partial charge in [0, 0.05) is 16.8 Å². The zero-order chi connectivity index (χ0) is 9.84. The van der Waals surface area contributed by atoms with Crippen molar-refractivity contribution in [3.05, 3.63) is 35.7 Å². The molecule has 68 valence electrons. The Bertz CT molecular complexity index is 358. The summed E-state index contributed by atoms with van der Waals surface area (Å²) in [5.41, 5.74) is 6.82. The van der Waals surface area contributed by atoms with E-state index in [1.54, 1.807) is 13.0 Å². The number of carbonyl (C=O) groups excluding carboxylic acids is 1. The van der Waals surface area contributed by atoms with Crippen LogP contribution < -0.4 is 5.73 Å². The number of hydrogen-bond donors (Lipinski definition) is 1. The molecule has 0 aliphatic rings. The first-order chi connectivity index (χ1) is 6.19. The van der Waals surface area contributed by atoms with Gasteiger partial charge in [-0.1, -0.05) is 6.08 Å². The van der Waals surface area contributed by atoms with Crippen LogP contribution in [0.3, 0.4) is 0 Å². The molecule has 2 N–H and O–H groups in total. The Balaban J connectivity index is 3.27. The summed E-state index contributed by atoms with van der Waals surface area (Å²) in [7, 11) is 0. The minimum atomic E-state index is -0.398. The van der Waals surface area contributed by atoms with E-state index in [4.69, 9.17) is 5.73 Å². The van der Waals surface area contributed by atoms with Crippen molar-refractivity contribution in [3.8, 4) is 0 Å². The van der Waals surface area contributed by atoms with Crippen molar-refractivity contribution in [2.75, 3.05) is 5.73 Å². The van der Waals surface area contributed by atoms with Gasteiger partial charge in [0.25, 0.3) is 0 Å². The molecule has 13 heavy (non-hydrogen) atoms. The molecule has 1 rings (SSSR count). The number of hydrogen-bond acceptors (Lipinski definition) is 2. The van der Waals surface area contributed by atoms with Gasteiger partial charge in [-0.3, -0.25) is 4.79 Å². The van der Waals surface area contributed by atoms with Crippen molar-refractivity contribution in [1.29, 1.82) is 0 Å². The van der Waals surface area contributed by atoms with Crippen LogP contribution in [-0.2, 0) is 4.79 Å². The molecule has 2 nitrogen and oxygen atoms in total. The second kappa shape index (κ2) is 3.85. The van der Waals surface area contributed by atoms with Gasteiger partial charge in [-0.15, -0.1) is 0 Å². The molecule has 0 spiro atoms. The minimum Gasteiger partial charge on any atom is -0.398 e. The molecule has 0 atom stereocenters. The molecule has 0 unspecified atom stereocenters. The molecule has 1 aromatic rings. The Labute approximate surface area is 75.9 Å². The van der Waals surface area contributed by atoms with E-state index < -0.39 is 5.82 Å². The lowest BCUT2D eigenvalue weighted by molar-refractivity contribution is -0.103. The van der Waals surface area contributed by atoms with E-state index in [0.717, 1.165) is 0 Å². The summed E-state index contributed by atoms with van der Waals surface area (Å²) in [5.74, 6) is -0.398. The van der Waals surface area contributed by atoms with Crippen molar-refractivity contribution in [2.45, 2.75) is 6.92 Å². The summed E-state index contributed by atoms with van der Waals surface area (Å²) >= 11 is 0. The third-order valence-electron chi connectivity index (χ3n) is 1.76. The largest absolute Gasteiger partial charge is 0.398 e. The van der Waals surface area contributed by atoms with Crippen molar-refractivity contribution in [3.63, 3.8) is 0 Å². The summed E-state index contributed by atoms with van der Waals surface area (Å²) in [6, 6.07) is 3.95. The van der Waals surface area contributed by atoms with E-state index in [1.165, 1.54) is 18.2 Å². The lowest BCUT2D eigenvalue weighted by atomic mass is 10.1. The summed E-state index contributed by atoms with van der Waals surface area (Å²) in [5, 5.41) is 0. The van der Waals surface area contributed by atoms with Gasteiger partial charge in [0.05, 0.1) is 0 Å². The minimum absolute atomic E-state index is 0.398. The van der Waals surface area contributed by atoms with Gasteiger partial charge in [0.2, 0.25) is 0 Å². The fourth-order valence-corrected chi connectivity index (χ4v) is 1.07. The van der Waals surface area contributed by atoms with E-state index in [0.29, 0.717) is 23.1 Å². The molecule has 0 aliphatic heterocycles. The molecule has 0 fully saturated rings. The van der Waals surface area contributed by atoms with Crippen molar-refractivity contribution in [2.24, 2.45) is 0 Å².